The van der Waals surface area contributed by atoms with Gasteiger partial charge in [-0.1, -0.05) is 30.2 Å². The Morgan fingerprint density at radius 3 is 2.52 bits per heavy atom. The first-order valence-electron chi connectivity index (χ1n) is 8.67. The predicted octanol–water partition coefficient (Wildman–Crippen LogP) is 4.21. The molecule has 0 spiro atoms. The molecule has 0 atom stereocenters. The van der Waals surface area contributed by atoms with Crippen LogP contribution in [0.5, 0.6) is 0 Å². The fourth-order valence-electron chi connectivity index (χ4n) is 3.05. The summed E-state index contributed by atoms with van der Waals surface area (Å²) >= 11 is 5.93. The number of rotatable bonds is 4. The van der Waals surface area contributed by atoms with Crippen LogP contribution >= 0.6 is 11.6 Å². The number of anilines is 1. The van der Waals surface area contributed by atoms with Gasteiger partial charge >= 0.3 is 0 Å². The zero-order valence-corrected chi connectivity index (χ0v) is 16.4. The van der Waals surface area contributed by atoms with Gasteiger partial charge < -0.3 is 5.32 Å². The van der Waals surface area contributed by atoms with E-state index < -0.39 is 21.7 Å². The second kappa shape index (κ2) is 7.96. The molecule has 1 heterocycles. The van der Waals surface area contributed by atoms with E-state index in [0.29, 0.717) is 24.3 Å². The number of hydrogen-bond acceptors (Lipinski definition) is 3. The lowest BCUT2D eigenvalue weighted by molar-refractivity contribution is 0.102. The summed E-state index contributed by atoms with van der Waals surface area (Å²) in [7, 11) is -3.64. The van der Waals surface area contributed by atoms with Crippen LogP contribution in [0.15, 0.2) is 41.3 Å². The molecular formula is C19H20ClFN2O3S. The highest BCUT2D eigenvalue weighted by atomic mass is 35.5. The number of hydrogen-bond donors (Lipinski definition) is 1. The van der Waals surface area contributed by atoms with Crippen molar-refractivity contribution in [1.82, 2.24) is 4.31 Å². The molecule has 8 heteroatoms. The van der Waals surface area contributed by atoms with E-state index in [2.05, 4.69) is 5.32 Å². The van der Waals surface area contributed by atoms with Crippen LogP contribution in [0.25, 0.3) is 0 Å². The molecular weight excluding hydrogens is 391 g/mol. The molecule has 1 fully saturated rings. The first-order valence-corrected chi connectivity index (χ1v) is 10.5. The van der Waals surface area contributed by atoms with Crippen LogP contribution < -0.4 is 5.32 Å². The Morgan fingerprint density at radius 1 is 1.15 bits per heavy atom. The summed E-state index contributed by atoms with van der Waals surface area (Å²) in [5, 5.41) is 2.57. The van der Waals surface area contributed by atoms with Crippen LogP contribution in [-0.4, -0.2) is 31.7 Å². The fourth-order valence-corrected chi connectivity index (χ4v) is 4.84. The number of amides is 1. The van der Waals surface area contributed by atoms with Crippen molar-refractivity contribution in [2.24, 2.45) is 0 Å². The van der Waals surface area contributed by atoms with E-state index >= 15 is 0 Å². The summed E-state index contributed by atoms with van der Waals surface area (Å²) in [6.45, 7) is 2.71. The Hall–Kier alpha value is -1.96. The van der Waals surface area contributed by atoms with Crippen molar-refractivity contribution >= 4 is 33.2 Å². The minimum atomic E-state index is -3.64. The molecule has 144 valence electrons. The first kappa shape index (κ1) is 19.8. The van der Waals surface area contributed by atoms with E-state index in [1.54, 1.807) is 13.0 Å². The molecule has 2 aromatic carbocycles. The number of piperidine rings is 1. The SMILES string of the molecule is Cc1ccc(S(=O)(=O)N2CCCCC2)cc1NC(=O)c1c(F)cccc1Cl. The number of sulfonamides is 1. The normalized spacial score (nSPS) is 15.5. The predicted molar refractivity (Wildman–Crippen MR) is 103 cm³/mol. The number of benzene rings is 2. The summed E-state index contributed by atoms with van der Waals surface area (Å²) in [5.41, 5.74) is 0.689. The fraction of sp³-hybridized carbons (Fsp3) is 0.316. The van der Waals surface area contributed by atoms with E-state index in [1.165, 1.54) is 28.6 Å². The highest BCUT2D eigenvalue weighted by Crippen LogP contribution is 2.27. The number of nitrogens with zero attached hydrogens (tertiary/aromatic N) is 1. The zero-order valence-electron chi connectivity index (χ0n) is 14.8. The molecule has 1 N–H and O–H groups in total. The Morgan fingerprint density at radius 2 is 1.85 bits per heavy atom. The molecule has 1 aliphatic heterocycles. The van der Waals surface area contributed by atoms with Gasteiger partial charge in [0.05, 0.1) is 15.5 Å². The van der Waals surface area contributed by atoms with Gasteiger partial charge in [0.15, 0.2) is 0 Å². The highest BCUT2D eigenvalue weighted by molar-refractivity contribution is 7.89. The third-order valence-corrected chi connectivity index (χ3v) is 6.81. The van der Waals surface area contributed by atoms with Crippen LogP contribution in [0.4, 0.5) is 10.1 Å². The van der Waals surface area contributed by atoms with E-state index in [1.807, 2.05) is 0 Å². The molecule has 1 saturated heterocycles. The second-order valence-corrected chi connectivity index (χ2v) is 8.84. The van der Waals surface area contributed by atoms with E-state index in [4.69, 9.17) is 11.6 Å². The summed E-state index contributed by atoms with van der Waals surface area (Å²) in [4.78, 5) is 12.6. The van der Waals surface area contributed by atoms with Crippen LogP contribution in [0.2, 0.25) is 5.02 Å². The van der Waals surface area contributed by atoms with E-state index in [9.17, 15) is 17.6 Å². The van der Waals surface area contributed by atoms with Gasteiger partial charge in [0, 0.05) is 18.8 Å². The smallest absolute Gasteiger partial charge is 0.260 e. The summed E-state index contributed by atoms with van der Waals surface area (Å²) in [5.74, 6) is -1.47. The third kappa shape index (κ3) is 4.15. The minimum absolute atomic E-state index is 0.0118. The van der Waals surface area contributed by atoms with E-state index in [-0.39, 0.29) is 15.5 Å². The van der Waals surface area contributed by atoms with Crippen molar-refractivity contribution < 1.29 is 17.6 Å². The Bertz CT molecular complexity index is 953. The molecule has 0 bridgehead atoms. The molecule has 0 aliphatic carbocycles. The number of nitrogens with one attached hydrogen (secondary N) is 1. The van der Waals surface area contributed by atoms with Gasteiger partial charge in [-0.3, -0.25) is 4.79 Å². The van der Waals surface area contributed by atoms with Gasteiger partial charge in [0.25, 0.3) is 5.91 Å². The van der Waals surface area contributed by atoms with Gasteiger partial charge in [-0.15, -0.1) is 0 Å². The molecule has 0 aromatic heterocycles. The number of carbonyl (C=O) groups is 1. The second-order valence-electron chi connectivity index (χ2n) is 6.49. The summed E-state index contributed by atoms with van der Waals surface area (Å²) in [6, 6.07) is 8.52. The van der Waals surface area contributed by atoms with Crippen molar-refractivity contribution in [3.8, 4) is 0 Å². The number of carbonyl (C=O) groups excluding carboxylic acids is 1. The molecule has 0 unspecified atom stereocenters. The maximum Gasteiger partial charge on any atom is 0.260 e. The highest BCUT2D eigenvalue weighted by Gasteiger charge is 2.26. The quantitative estimate of drug-likeness (QED) is 0.820. The summed E-state index contributed by atoms with van der Waals surface area (Å²) in [6.07, 6.45) is 2.69. The molecule has 0 radical (unpaired) electrons. The van der Waals surface area contributed by atoms with Crippen LogP contribution in [0.1, 0.15) is 35.2 Å². The Balaban J connectivity index is 1.91. The standard InChI is InChI=1S/C19H20ClFN2O3S/c1-13-8-9-14(27(25,26)23-10-3-2-4-11-23)12-17(13)22-19(24)18-15(20)6-5-7-16(18)21/h5-9,12H,2-4,10-11H2,1H3,(H,22,24). The van der Waals surface area contributed by atoms with Gasteiger partial charge in [-0.05, 0) is 49.6 Å². The molecule has 2 aromatic rings. The van der Waals surface area contributed by atoms with Gasteiger partial charge in [-0.25, -0.2) is 12.8 Å². The average Bonchev–Trinajstić information content (AvgIpc) is 2.64. The molecule has 1 aliphatic rings. The maximum absolute atomic E-state index is 14.0. The summed E-state index contributed by atoms with van der Waals surface area (Å²) < 4.78 is 41.1. The lowest BCUT2D eigenvalue weighted by Crippen LogP contribution is -2.35. The first-order chi connectivity index (χ1) is 12.8. The third-order valence-electron chi connectivity index (χ3n) is 4.60. The lowest BCUT2D eigenvalue weighted by atomic mass is 10.1. The zero-order chi connectivity index (χ0) is 19.6. The van der Waals surface area contributed by atoms with Gasteiger partial charge in [0.2, 0.25) is 10.0 Å². The van der Waals surface area contributed by atoms with Crippen LogP contribution in [0, 0.1) is 12.7 Å². The molecule has 1 amide bonds. The molecule has 0 saturated carbocycles. The van der Waals surface area contributed by atoms with Crippen molar-refractivity contribution in [2.45, 2.75) is 31.1 Å². The van der Waals surface area contributed by atoms with Crippen molar-refractivity contribution in [2.75, 3.05) is 18.4 Å². The maximum atomic E-state index is 14.0. The largest absolute Gasteiger partial charge is 0.322 e. The molecule has 5 nitrogen and oxygen atoms in total. The lowest BCUT2D eigenvalue weighted by Gasteiger charge is -2.26. The van der Waals surface area contributed by atoms with E-state index in [0.717, 1.165) is 25.3 Å². The van der Waals surface area contributed by atoms with Crippen LogP contribution in [-0.2, 0) is 10.0 Å². The average molecular weight is 411 g/mol. The Kier molecular flexibility index (Phi) is 5.83. The minimum Gasteiger partial charge on any atom is -0.322 e. The van der Waals surface area contributed by atoms with Gasteiger partial charge in [0.1, 0.15) is 5.82 Å². The Labute approximate surface area is 163 Å². The topological polar surface area (TPSA) is 66.5 Å². The van der Waals surface area contributed by atoms with Crippen molar-refractivity contribution in [3.63, 3.8) is 0 Å². The monoisotopic (exact) mass is 410 g/mol. The number of aryl methyl sites for hydroxylation is 1. The van der Waals surface area contributed by atoms with Gasteiger partial charge in [-0.2, -0.15) is 4.31 Å². The van der Waals surface area contributed by atoms with Crippen molar-refractivity contribution in [1.29, 1.82) is 0 Å². The molecule has 27 heavy (non-hydrogen) atoms. The molecule has 3 rings (SSSR count). The van der Waals surface area contributed by atoms with Crippen molar-refractivity contribution in [3.05, 3.63) is 58.4 Å². The van der Waals surface area contributed by atoms with Crippen LogP contribution in [0.3, 0.4) is 0 Å². The number of halogens is 2.